The van der Waals surface area contributed by atoms with Gasteiger partial charge in [0.2, 0.25) is 5.95 Å². The predicted octanol–water partition coefficient (Wildman–Crippen LogP) is 3.36. The lowest BCUT2D eigenvalue weighted by Gasteiger charge is -2.08. The number of anilines is 2. The summed E-state index contributed by atoms with van der Waals surface area (Å²) in [5, 5.41) is 2.92. The van der Waals surface area contributed by atoms with Crippen LogP contribution in [0.25, 0.3) is 0 Å². The molecule has 2 rings (SSSR count). The number of aromatic nitrogens is 2. The number of benzene rings is 1. The van der Waals surface area contributed by atoms with Gasteiger partial charge in [-0.3, -0.25) is 0 Å². The molecule has 0 aliphatic carbocycles. The second-order valence-electron chi connectivity index (χ2n) is 3.43. The van der Waals surface area contributed by atoms with Gasteiger partial charge in [-0.05, 0) is 41.6 Å². The number of nitrogens with one attached hydrogen (secondary N) is 1. The van der Waals surface area contributed by atoms with Crippen molar-refractivity contribution in [1.29, 1.82) is 0 Å². The highest BCUT2D eigenvalue weighted by Gasteiger charge is 2.05. The summed E-state index contributed by atoms with van der Waals surface area (Å²) in [6.45, 7) is 2.24. The van der Waals surface area contributed by atoms with Crippen LogP contribution in [0, 0.1) is 9.39 Å². The summed E-state index contributed by atoms with van der Waals surface area (Å²) in [6.07, 6.45) is 3.36. The van der Waals surface area contributed by atoms with Crippen LogP contribution in [-0.2, 0) is 0 Å². The molecule has 1 aromatic carbocycles. The number of nitrogens with zero attached hydrogens (tertiary/aromatic N) is 2. The molecule has 6 heteroatoms. The van der Waals surface area contributed by atoms with Gasteiger partial charge in [0.05, 0.1) is 6.61 Å². The molecule has 2 aromatic rings. The van der Waals surface area contributed by atoms with Crippen molar-refractivity contribution in [3.63, 3.8) is 0 Å². The zero-order valence-corrected chi connectivity index (χ0v) is 11.8. The molecule has 0 aliphatic rings. The smallest absolute Gasteiger partial charge is 0.227 e. The molecule has 0 fully saturated rings. The maximum atomic E-state index is 13.6. The highest BCUT2D eigenvalue weighted by molar-refractivity contribution is 14.1. The minimum Gasteiger partial charge on any atom is -0.491 e. The van der Waals surface area contributed by atoms with Crippen LogP contribution >= 0.6 is 22.6 Å². The van der Waals surface area contributed by atoms with Gasteiger partial charge in [-0.25, -0.2) is 14.4 Å². The van der Waals surface area contributed by atoms with Crippen LogP contribution < -0.4 is 10.1 Å². The van der Waals surface area contributed by atoms with Crippen LogP contribution in [0.2, 0.25) is 0 Å². The number of rotatable bonds is 4. The first-order valence-electron chi connectivity index (χ1n) is 5.36. The first-order chi connectivity index (χ1) is 8.69. The van der Waals surface area contributed by atoms with Crippen LogP contribution in [0.1, 0.15) is 6.92 Å². The van der Waals surface area contributed by atoms with Crippen molar-refractivity contribution in [1.82, 2.24) is 9.97 Å². The Hall–Kier alpha value is -1.44. The maximum absolute atomic E-state index is 13.6. The van der Waals surface area contributed by atoms with E-state index in [4.69, 9.17) is 4.74 Å². The van der Waals surface area contributed by atoms with Gasteiger partial charge in [0, 0.05) is 27.7 Å². The summed E-state index contributed by atoms with van der Waals surface area (Å²) in [7, 11) is 0. The van der Waals surface area contributed by atoms with Gasteiger partial charge in [0.15, 0.2) is 11.6 Å². The topological polar surface area (TPSA) is 47.0 Å². The van der Waals surface area contributed by atoms with E-state index in [2.05, 4.69) is 37.9 Å². The normalized spacial score (nSPS) is 10.2. The number of hydrogen-bond acceptors (Lipinski definition) is 4. The lowest BCUT2D eigenvalue weighted by atomic mass is 10.3. The largest absolute Gasteiger partial charge is 0.491 e. The average molecular weight is 359 g/mol. The molecule has 0 aliphatic heterocycles. The van der Waals surface area contributed by atoms with Gasteiger partial charge < -0.3 is 10.1 Å². The van der Waals surface area contributed by atoms with Gasteiger partial charge in [0.1, 0.15) is 0 Å². The minimum atomic E-state index is -0.410. The SMILES string of the molecule is CCOc1ccc(Nc2ncc(I)cn2)cc1F. The summed E-state index contributed by atoms with van der Waals surface area (Å²) >= 11 is 2.12. The highest BCUT2D eigenvalue weighted by atomic mass is 127. The molecular formula is C12H11FIN3O. The van der Waals surface area contributed by atoms with E-state index >= 15 is 0 Å². The Balaban J connectivity index is 2.14. The van der Waals surface area contributed by atoms with E-state index in [0.29, 0.717) is 18.2 Å². The fraction of sp³-hybridized carbons (Fsp3) is 0.167. The van der Waals surface area contributed by atoms with Crippen molar-refractivity contribution in [2.24, 2.45) is 0 Å². The molecule has 0 spiro atoms. The lowest BCUT2D eigenvalue weighted by Crippen LogP contribution is -1.99. The Kier molecular flexibility index (Phi) is 4.29. The molecule has 0 saturated carbocycles. The zero-order chi connectivity index (χ0) is 13.0. The predicted molar refractivity (Wildman–Crippen MR) is 75.6 cm³/mol. The minimum absolute atomic E-state index is 0.242. The number of ether oxygens (including phenoxy) is 1. The van der Waals surface area contributed by atoms with Crippen LogP contribution in [0.5, 0.6) is 5.75 Å². The molecule has 4 nitrogen and oxygen atoms in total. The fourth-order valence-corrected chi connectivity index (χ4v) is 1.64. The van der Waals surface area contributed by atoms with Gasteiger partial charge in [-0.1, -0.05) is 0 Å². The summed E-state index contributed by atoms with van der Waals surface area (Å²) in [5.74, 6) is 0.262. The first-order valence-corrected chi connectivity index (χ1v) is 6.44. The van der Waals surface area contributed by atoms with Gasteiger partial charge >= 0.3 is 0 Å². The molecule has 0 atom stereocenters. The van der Waals surface area contributed by atoms with Crippen LogP contribution in [-0.4, -0.2) is 16.6 Å². The third-order valence-electron chi connectivity index (χ3n) is 2.11. The Morgan fingerprint density at radius 3 is 2.67 bits per heavy atom. The lowest BCUT2D eigenvalue weighted by molar-refractivity contribution is 0.321. The van der Waals surface area contributed by atoms with Crippen molar-refractivity contribution >= 4 is 34.2 Å². The van der Waals surface area contributed by atoms with E-state index in [1.54, 1.807) is 24.5 Å². The van der Waals surface area contributed by atoms with Crippen LogP contribution in [0.15, 0.2) is 30.6 Å². The summed E-state index contributed by atoms with van der Waals surface area (Å²) in [5.41, 5.74) is 0.581. The van der Waals surface area contributed by atoms with Crippen LogP contribution in [0.3, 0.4) is 0 Å². The molecule has 1 heterocycles. The number of halogens is 2. The van der Waals surface area contributed by atoms with Crippen molar-refractivity contribution < 1.29 is 9.13 Å². The van der Waals surface area contributed by atoms with E-state index in [9.17, 15) is 4.39 Å². The Morgan fingerprint density at radius 2 is 2.06 bits per heavy atom. The molecule has 94 valence electrons. The van der Waals surface area contributed by atoms with E-state index in [1.807, 2.05) is 6.92 Å². The monoisotopic (exact) mass is 359 g/mol. The van der Waals surface area contributed by atoms with Crippen molar-refractivity contribution in [2.45, 2.75) is 6.92 Å². The second-order valence-corrected chi connectivity index (χ2v) is 4.67. The van der Waals surface area contributed by atoms with E-state index < -0.39 is 5.82 Å². The first kappa shape index (κ1) is 13.0. The van der Waals surface area contributed by atoms with Crippen molar-refractivity contribution in [3.8, 4) is 5.75 Å². The number of hydrogen-bond donors (Lipinski definition) is 1. The molecule has 0 unspecified atom stereocenters. The second kappa shape index (κ2) is 5.94. The molecule has 0 bridgehead atoms. The third kappa shape index (κ3) is 3.28. The Morgan fingerprint density at radius 1 is 1.33 bits per heavy atom. The van der Waals surface area contributed by atoms with Crippen molar-refractivity contribution in [3.05, 3.63) is 40.0 Å². The fourth-order valence-electron chi connectivity index (χ4n) is 1.36. The van der Waals surface area contributed by atoms with E-state index in [1.165, 1.54) is 6.07 Å². The highest BCUT2D eigenvalue weighted by Crippen LogP contribution is 2.22. The summed E-state index contributed by atoms with van der Waals surface area (Å²) in [4.78, 5) is 8.16. The van der Waals surface area contributed by atoms with Gasteiger partial charge in [0.25, 0.3) is 0 Å². The quantitative estimate of drug-likeness (QED) is 0.851. The van der Waals surface area contributed by atoms with Crippen molar-refractivity contribution in [2.75, 3.05) is 11.9 Å². The molecule has 18 heavy (non-hydrogen) atoms. The maximum Gasteiger partial charge on any atom is 0.227 e. The molecule has 1 N–H and O–H groups in total. The van der Waals surface area contributed by atoms with E-state index in [0.717, 1.165) is 3.57 Å². The molecule has 0 amide bonds. The van der Waals surface area contributed by atoms with E-state index in [-0.39, 0.29) is 5.75 Å². The molecule has 0 saturated heterocycles. The summed E-state index contributed by atoms with van der Waals surface area (Å²) < 4.78 is 19.7. The third-order valence-corrected chi connectivity index (χ3v) is 2.67. The van der Waals surface area contributed by atoms with Crippen LogP contribution in [0.4, 0.5) is 16.0 Å². The summed E-state index contributed by atoms with van der Waals surface area (Å²) in [6, 6.07) is 4.65. The Labute approximate surface area is 118 Å². The zero-order valence-electron chi connectivity index (χ0n) is 9.65. The Bertz CT molecular complexity index is 533. The standard InChI is InChI=1S/C12H11FIN3O/c1-2-18-11-4-3-9(5-10(11)13)17-12-15-6-8(14)7-16-12/h3-7H,2H2,1H3,(H,15,16,17). The van der Waals surface area contributed by atoms with Gasteiger partial charge in [-0.2, -0.15) is 0 Å². The molecule has 0 radical (unpaired) electrons. The molecule has 1 aromatic heterocycles. The van der Waals surface area contributed by atoms with Gasteiger partial charge in [-0.15, -0.1) is 0 Å². The average Bonchev–Trinajstić information content (AvgIpc) is 2.36. The molecular weight excluding hydrogens is 348 g/mol.